The number of hydrogen-bond donors (Lipinski definition) is 4. The highest BCUT2D eigenvalue weighted by atomic mass is 16.4. The zero-order chi connectivity index (χ0) is 15.6. The molecule has 8 heteroatoms. The molecule has 0 fully saturated rings. The molecule has 0 saturated carbocycles. The Morgan fingerprint density at radius 2 is 2.38 bits per heavy atom. The van der Waals surface area contributed by atoms with Crippen LogP contribution in [0.2, 0.25) is 0 Å². The fraction of sp³-hybridized carbons (Fsp3) is 0.462. The Morgan fingerprint density at radius 1 is 1.67 bits per heavy atom. The van der Waals surface area contributed by atoms with Crippen molar-refractivity contribution >= 4 is 17.9 Å². The lowest BCUT2D eigenvalue weighted by Gasteiger charge is -2.22. The highest BCUT2D eigenvalue weighted by Crippen LogP contribution is 2.33. The normalized spacial score (nSPS) is 16.3. The SMILES string of the molecule is CC(C)N1CC(C#CCNC(=O)O)c2c1nc(N)[nH]c2=O. The molecular formula is C13H17N5O3. The van der Waals surface area contributed by atoms with Crippen molar-refractivity contribution in [2.45, 2.75) is 25.8 Å². The molecule has 1 aliphatic heterocycles. The summed E-state index contributed by atoms with van der Waals surface area (Å²) in [5, 5.41) is 10.6. The molecule has 1 aromatic rings. The molecule has 5 N–H and O–H groups in total. The number of amides is 1. The van der Waals surface area contributed by atoms with Crippen LogP contribution in [-0.4, -0.2) is 40.3 Å². The van der Waals surface area contributed by atoms with E-state index in [4.69, 9.17) is 10.8 Å². The molecule has 112 valence electrons. The molecule has 0 spiro atoms. The molecule has 0 bridgehead atoms. The first-order valence-corrected chi connectivity index (χ1v) is 6.51. The number of anilines is 2. The van der Waals surface area contributed by atoms with Crippen LogP contribution in [0, 0.1) is 11.8 Å². The maximum Gasteiger partial charge on any atom is 0.405 e. The third kappa shape index (κ3) is 3.08. The number of nitrogen functional groups attached to an aromatic ring is 1. The van der Waals surface area contributed by atoms with E-state index < -0.39 is 6.09 Å². The number of nitrogens with one attached hydrogen (secondary N) is 2. The van der Waals surface area contributed by atoms with Crippen LogP contribution in [0.5, 0.6) is 0 Å². The highest BCUT2D eigenvalue weighted by molar-refractivity contribution is 5.65. The quantitative estimate of drug-likeness (QED) is 0.566. The molecule has 8 nitrogen and oxygen atoms in total. The van der Waals surface area contributed by atoms with Gasteiger partial charge in [0.1, 0.15) is 5.82 Å². The van der Waals surface area contributed by atoms with Gasteiger partial charge in [-0.25, -0.2) is 4.79 Å². The van der Waals surface area contributed by atoms with E-state index in [0.717, 1.165) is 0 Å². The van der Waals surface area contributed by atoms with Gasteiger partial charge in [0.25, 0.3) is 5.56 Å². The first kappa shape index (κ1) is 14.7. The molecule has 0 saturated heterocycles. The van der Waals surface area contributed by atoms with Crippen LogP contribution in [0.15, 0.2) is 4.79 Å². The summed E-state index contributed by atoms with van der Waals surface area (Å²) in [4.78, 5) is 31.1. The van der Waals surface area contributed by atoms with Gasteiger partial charge in [0.05, 0.1) is 18.0 Å². The zero-order valence-electron chi connectivity index (χ0n) is 11.8. The van der Waals surface area contributed by atoms with Crippen molar-refractivity contribution in [1.29, 1.82) is 0 Å². The number of aromatic amines is 1. The standard InChI is InChI=1S/C13H17N5O3/c1-7(2)18-6-8(4-3-5-15-13(20)21)9-10(18)16-12(14)17-11(9)19/h7-8,15H,5-6H2,1-2H3,(H,20,21)(H3,14,16,17,19). The molecule has 2 heterocycles. The van der Waals surface area contributed by atoms with Crippen molar-refractivity contribution < 1.29 is 9.90 Å². The smallest absolute Gasteiger partial charge is 0.405 e. The van der Waals surface area contributed by atoms with Gasteiger partial charge in [-0.3, -0.25) is 9.78 Å². The van der Waals surface area contributed by atoms with E-state index in [1.54, 1.807) is 0 Å². The van der Waals surface area contributed by atoms with Crippen LogP contribution in [-0.2, 0) is 0 Å². The van der Waals surface area contributed by atoms with Crippen molar-refractivity contribution in [3.05, 3.63) is 15.9 Å². The average Bonchev–Trinajstić information content (AvgIpc) is 2.73. The largest absolute Gasteiger partial charge is 0.465 e. The van der Waals surface area contributed by atoms with Crippen LogP contribution in [0.25, 0.3) is 0 Å². The zero-order valence-corrected chi connectivity index (χ0v) is 11.8. The Labute approximate surface area is 121 Å². The first-order valence-electron chi connectivity index (χ1n) is 6.51. The maximum absolute atomic E-state index is 12.1. The molecular weight excluding hydrogens is 274 g/mol. The molecule has 1 atom stereocenters. The minimum absolute atomic E-state index is 0.0170. The van der Waals surface area contributed by atoms with Gasteiger partial charge in [0, 0.05) is 12.6 Å². The summed E-state index contributed by atoms with van der Waals surface area (Å²) in [6.45, 7) is 4.53. The lowest BCUT2D eigenvalue weighted by Crippen LogP contribution is -2.30. The second-order valence-corrected chi connectivity index (χ2v) is 4.97. The van der Waals surface area contributed by atoms with Crippen LogP contribution in [0.4, 0.5) is 16.6 Å². The number of carboxylic acid groups (broad SMARTS) is 1. The van der Waals surface area contributed by atoms with Gasteiger partial charge in [-0.15, -0.1) is 0 Å². The van der Waals surface area contributed by atoms with E-state index in [9.17, 15) is 9.59 Å². The van der Waals surface area contributed by atoms with Gasteiger partial charge in [0.15, 0.2) is 0 Å². The van der Waals surface area contributed by atoms with E-state index in [1.807, 2.05) is 18.7 Å². The Kier molecular flexibility index (Phi) is 4.03. The number of aromatic nitrogens is 2. The van der Waals surface area contributed by atoms with Crippen molar-refractivity contribution in [2.24, 2.45) is 0 Å². The predicted molar refractivity (Wildman–Crippen MR) is 78.3 cm³/mol. The van der Waals surface area contributed by atoms with Crippen LogP contribution >= 0.6 is 0 Å². The van der Waals surface area contributed by atoms with Crippen molar-refractivity contribution in [3.8, 4) is 11.8 Å². The third-order valence-corrected chi connectivity index (χ3v) is 3.18. The van der Waals surface area contributed by atoms with Crippen LogP contribution in [0.3, 0.4) is 0 Å². The molecule has 0 aromatic carbocycles. The van der Waals surface area contributed by atoms with Crippen molar-refractivity contribution in [1.82, 2.24) is 15.3 Å². The number of rotatable bonds is 2. The summed E-state index contributed by atoms with van der Waals surface area (Å²) in [5.41, 5.74) is 5.78. The van der Waals surface area contributed by atoms with E-state index in [-0.39, 0.29) is 30.0 Å². The van der Waals surface area contributed by atoms with Gasteiger partial charge < -0.3 is 21.1 Å². The number of hydrogen-bond acceptors (Lipinski definition) is 5. The highest BCUT2D eigenvalue weighted by Gasteiger charge is 2.33. The molecule has 1 aliphatic rings. The Hall–Kier alpha value is -2.69. The molecule has 21 heavy (non-hydrogen) atoms. The lowest BCUT2D eigenvalue weighted by atomic mass is 10.1. The summed E-state index contributed by atoms with van der Waals surface area (Å²) in [6.07, 6.45) is -1.13. The van der Waals surface area contributed by atoms with Gasteiger partial charge in [-0.2, -0.15) is 4.98 Å². The Morgan fingerprint density at radius 3 is 3.00 bits per heavy atom. The molecule has 1 amide bonds. The van der Waals surface area contributed by atoms with Crippen molar-refractivity contribution in [2.75, 3.05) is 23.7 Å². The van der Waals surface area contributed by atoms with Crippen molar-refractivity contribution in [3.63, 3.8) is 0 Å². The third-order valence-electron chi connectivity index (χ3n) is 3.18. The summed E-state index contributed by atoms with van der Waals surface area (Å²) < 4.78 is 0. The topological polar surface area (TPSA) is 124 Å². The number of H-pyrrole nitrogens is 1. The van der Waals surface area contributed by atoms with Gasteiger partial charge in [-0.1, -0.05) is 11.8 Å². The predicted octanol–water partition coefficient (Wildman–Crippen LogP) is -0.0649. The Bertz CT molecular complexity index is 671. The summed E-state index contributed by atoms with van der Waals surface area (Å²) in [7, 11) is 0. The molecule has 1 unspecified atom stereocenters. The van der Waals surface area contributed by atoms with E-state index in [0.29, 0.717) is 17.9 Å². The second-order valence-electron chi connectivity index (χ2n) is 4.97. The number of nitrogens with two attached hydrogens (primary N) is 1. The number of nitrogens with zero attached hydrogens (tertiary/aromatic N) is 2. The number of carbonyl (C=O) groups is 1. The molecule has 0 radical (unpaired) electrons. The summed E-state index contributed by atoms with van der Waals surface area (Å²) in [5.74, 6) is 5.96. The van der Waals surface area contributed by atoms with Crippen LogP contribution < -0.4 is 21.5 Å². The van der Waals surface area contributed by atoms with Gasteiger partial charge in [-0.05, 0) is 13.8 Å². The fourth-order valence-corrected chi connectivity index (χ4v) is 2.26. The monoisotopic (exact) mass is 291 g/mol. The van der Waals surface area contributed by atoms with Crippen LogP contribution in [0.1, 0.15) is 25.3 Å². The number of fused-ring (bicyclic) bond motifs is 1. The summed E-state index contributed by atoms with van der Waals surface area (Å²) in [6, 6.07) is 0.154. The lowest BCUT2D eigenvalue weighted by molar-refractivity contribution is 0.196. The van der Waals surface area contributed by atoms with Gasteiger partial charge in [0.2, 0.25) is 5.95 Å². The Balaban J connectivity index is 2.32. The summed E-state index contributed by atoms with van der Waals surface area (Å²) >= 11 is 0. The minimum Gasteiger partial charge on any atom is -0.465 e. The first-order chi connectivity index (χ1) is 9.90. The van der Waals surface area contributed by atoms with E-state index in [2.05, 4.69) is 27.1 Å². The van der Waals surface area contributed by atoms with Gasteiger partial charge >= 0.3 is 6.09 Å². The minimum atomic E-state index is -1.13. The molecule has 0 aliphatic carbocycles. The average molecular weight is 291 g/mol. The second kappa shape index (κ2) is 5.75. The molecule has 2 rings (SSSR count). The van der Waals surface area contributed by atoms with E-state index in [1.165, 1.54) is 0 Å². The molecule has 1 aromatic heterocycles. The van der Waals surface area contributed by atoms with E-state index >= 15 is 0 Å². The fourth-order valence-electron chi connectivity index (χ4n) is 2.26. The maximum atomic E-state index is 12.1.